The first kappa shape index (κ1) is 31.1. The highest BCUT2D eigenvalue weighted by atomic mass is 19.4. The lowest BCUT2D eigenvalue weighted by Gasteiger charge is -2.26. The van der Waals surface area contributed by atoms with Gasteiger partial charge in [-0.15, -0.1) is 0 Å². The van der Waals surface area contributed by atoms with Gasteiger partial charge >= 0.3 is 12.1 Å². The first-order chi connectivity index (χ1) is 18.9. The normalized spacial score (nSPS) is 18.1. The Balaban J connectivity index is 0.000000559. The summed E-state index contributed by atoms with van der Waals surface area (Å²) in [6, 6.07) is 15.0. The minimum Gasteiger partial charge on any atom is -0.475 e. The number of carboxylic acid groups (broad SMARTS) is 1. The van der Waals surface area contributed by atoms with Crippen molar-refractivity contribution in [1.82, 2.24) is 10.2 Å². The van der Waals surface area contributed by atoms with E-state index in [0.717, 1.165) is 31.1 Å². The third-order valence-corrected chi connectivity index (χ3v) is 7.34. The topological polar surface area (TPSA) is 98.7 Å². The molecule has 2 aliphatic rings. The summed E-state index contributed by atoms with van der Waals surface area (Å²) in [6.07, 6.45) is 2.77. The zero-order valence-electron chi connectivity index (χ0n) is 23.0. The molecule has 1 atom stereocenters. The predicted molar refractivity (Wildman–Crippen MR) is 148 cm³/mol. The number of carboxylic acids is 1. The standard InChI is InChI=1S/C28H37N3O2.C2HF3O2/c1-20(2)22-12-14-25(15-13-22)29-27(32)23-8-10-24(11-9-23)28(33)30-26-16-17-31(19-26)18-21-6-4-3-5-7-21;3-2(4,5)1(6)7/h8-15,20-21,26H,3-7,16-19H2,1-2H3,(H,29,32)(H,30,33);(H,6,7). The van der Waals surface area contributed by atoms with Gasteiger partial charge in [-0.2, -0.15) is 13.2 Å². The van der Waals surface area contributed by atoms with Gasteiger partial charge in [-0.3, -0.25) is 9.59 Å². The van der Waals surface area contributed by atoms with Crippen LogP contribution in [0.25, 0.3) is 0 Å². The molecule has 7 nitrogen and oxygen atoms in total. The van der Waals surface area contributed by atoms with Gasteiger partial charge in [0.2, 0.25) is 0 Å². The van der Waals surface area contributed by atoms with Crippen LogP contribution < -0.4 is 10.6 Å². The quantitative estimate of drug-likeness (QED) is 0.381. The number of carbonyl (C=O) groups excluding carboxylic acids is 2. The number of carbonyl (C=O) groups is 3. The van der Waals surface area contributed by atoms with Crippen LogP contribution in [0.3, 0.4) is 0 Å². The van der Waals surface area contributed by atoms with Crippen LogP contribution in [0.5, 0.6) is 0 Å². The number of likely N-dealkylation sites (tertiary alicyclic amines) is 1. The fourth-order valence-corrected chi connectivity index (χ4v) is 5.05. The van der Waals surface area contributed by atoms with Gasteiger partial charge in [0.1, 0.15) is 0 Å². The first-order valence-corrected chi connectivity index (χ1v) is 13.8. The molecule has 10 heteroatoms. The molecule has 2 amide bonds. The number of alkyl halides is 3. The lowest BCUT2D eigenvalue weighted by molar-refractivity contribution is -0.192. The lowest BCUT2D eigenvalue weighted by atomic mass is 9.89. The number of nitrogens with zero attached hydrogens (tertiary/aromatic N) is 1. The summed E-state index contributed by atoms with van der Waals surface area (Å²) >= 11 is 0. The number of rotatable bonds is 7. The number of hydrogen-bond acceptors (Lipinski definition) is 4. The summed E-state index contributed by atoms with van der Waals surface area (Å²) in [7, 11) is 0. The second-order valence-corrected chi connectivity index (χ2v) is 10.8. The van der Waals surface area contributed by atoms with Crippen molar-refractivity contribution < 1.29 is 32.7 Å². The van der Waals surface area contributed by atoms with E-state index in [-0.39, 0.29) is 17.9 Å². The van der Waals surface area contributed by atoms with Crippen molar-refractivity contribution in [2.24, 2.45) is 5.92 Å². The van der Waals surface area contributed by atoms with Gasteiger partial charge in [0.05, 0.1) is 0 Å². The smallest absolute Gasteiger partial charge is 0.475 e. The van der Waals surface area contributed by atoms with E-state index in [1.54, 1.807) is 24.3 Å². The minimum atomic E-state index is -5.08. The first-order valence-electron chi connectivity index (χ1n) is 13.8. The molecule has 1 saturated carbocycles. The average molecular weight is 562 g/mol. The van der Waals surface area contributed by atoms with Crippen LogP contribution in [-0.4, -0.2) is 59.6 Å². The summed E-state index contributed by atoms with van der Waals surface area (Å²) < 4.78 is 31.7. The Morgan fingerprint density at radius 1 is 0.900 bits per heavy atom. The van der Waals surface area contributed by atoms with Crippen molar-refractivity contribution in [2.75, 3.05) is 25.0 Å². The van der Waals surface area contributed by atoms with Gasteiger partial charge in [-0.25, -0.2) is 4.79 Å². The van der Waals surface area contributed by atoms with Crippen LogP contribution in [0.1, 0.15) is 84.6 Å². The summed E-state index contributed by atoms with van der Waals surface area (Å²) in [5.74, 6) is -1.70. The van der Waals surface area contributed by atoms with Crippen LogP contribution in [0.15, 0.2) is 48.5 Å². The molecule has 0 bridgehead atoms. The van der Waals surface area contributed by atoms with Gasteiger partial charge in [0, 0.05) is 42.5 Å². The number of hydrogen-bond donors (Lipinski definition) is 3. The van der Waals surface area contributed by atoms with E-state index in [2.05, 4.69) is 29.4 Å². The number of nitrogens with one attached hydrogen (secondary N) is 2. The van der Waals surface area contributed by atoms with Crippen molar-refractivity contribution in [3.63, 3.8) is 0 Å². The summed E-state index contributed by atoms with van der Waals surface area (Å²) in [5, 5.41) is 13.2. The molecule has 1 unspecified atom stereocenters. The predicted octanol–water partition coefficient (Wildman–Crippen LogP) is 6.08. The molecule has 0 spiro atoms. The molecular formula is C30H38F3N3O4. The Bertz CT molecular complexity index is 1130. The van der Waals surface area contributed by atoms with Crippen LogP contribution in [0.4, 0.5) is 18.9 Å². The zero-order valence-corrected chi connectivity index (χ0v) is 23.0. The molecule has 218 valence electrons. The van der Waals surface area contributed by atoms with Crippen molar-refractivity contribution in [1.29, 1.82) is 0 Å². The molecule has 0 radical (unpaired) electrons. The number of benzene rings is 2. The van der Waals surface area contributed by atoms with Crippen molar-refractivity contribution in [3.05, 3.63) is 65.2 Å². The second-order valence-electron chi connectivity index (χ2n) is 10.8. The van der Waals surface area contributed by atoms with E-state index < -0.39 is 12.1 Å². The molecule has 3 N–H and O–H groups in total. The molecule has 2 aromatic rings. The number of amides is 2. The summed E-state index contributed by atoms with van der Waals surface area (Å²) in [4.78, 5) is 36.7. The summed E-state index contributed by atoms with van der Waals surface area (Å²) in [5.41, 5.74) is 3.14. The lowest BCUT2D eigenvalue weighted by Crippen LogP contribution is -2.38. The van der Waals surface area contributed by atoms with Crippen molar-refractivity contribution in [2.45, 2.75) is 70.5 Å². The fourth-order valence-electron chi connectivity index (χ4n) is 5.05. The molecular weight excluding hydrogens is 523 g/mol. The third-order valence-electron chi connectivity index (χ3n) is 7.34. The van der Waals surface area contributed by atoms with Crippen LogP contribution >= 0.6 is 0 Å². The molecule has 1 heterocycles. The highest BCUT2D eigenvalue weighted by Gasteiger charge is 2.38. The number of aliphatic carboxylic acids is 1. The largest absolute Gasteiger partial charge is 0.490 e. The van der Waals surface area contributed by atoms with E-state index in [0.29, 0.717) is 17.0 Å². The number of anilines is 1. The third kappa shape index (κ3) is 9.66. The van der Waals surface area contributed by atoms with E-state index in [1.165, 1.54) is 44.2 Å². The van der Waals surface area contributed by atoms with Gasteiger partial charge in [0.15, 0.2) is 0 Å². The Morgan fingerprint density at radius 3 is 1.98 bits per heavy atom. The minimum absolute atomic E-state index is 0.0595. The van der Waals surface area contributed by atoms with E-state index in [4.69, 9.17) is 9.90 Å². The molecule has 1 aliphatic heterocycles. The Kier molecular flexibility index (Phi) is 11.1. The molecule has 1 saturated heterocycles. The van der Waals surface area contributed by atoms with Gasteiger partial charge in [-0.05, 0) is 73.1 Å². The van der Waals surface area contributed by atoms with Gasteiger partial charge < -0.3 is 20.6 Å². The van der Waals surface area contributed by atoms with Crippen molar-refractivity contribution >= 4 is 23.5 Å². The molecule has 2 fully saturated rings. The van der Waals surface area contributed by atoms with E-state index in [1.807, 2.05) is 24.3 Å². The number of halogens is 3. The summed E-state index contributed by atoms with van der Waals surface area (Å²) in [6.45, 7) is 7.48. The second kappa shape index (κ2) is 14.3. The maximum atomic E-state index is 12.7. The highest BCUT2D eigenvalue weighted by Crippen LogP contribution is 2.26. The highest BCUT2D eigenvalue weighted by molar-refractivity contribution is 6.05. The molecule has 0 aromatic heterocycles. The maximum Gasteiger partial charge on any atom is 0.490 e. The van der Waals surface area contributed by atoms with Gasteiger partial charge in [0.25, 0.3) is 11.8 Å². The molecule has 4 rings (SSSR count). The van der Waals surface area contributed by atoms with E-state index in [9.17, 15) is 22.8 Å². The average Bonchev–Trinajstić information content (AvgIpc) is 3.35. The van der Waals surface area contributed by atoms with Crippen LogP contribution in [-0.2, 0) is 4.79 Å². The SMILES string of the molecule is CC(C)c1ccc(NC(=O)c2ccc(C(=O)NC3CCN(CC4CCCCC4)C3)cc2)cc1.O=C(O)C(F)(F)F. The van der Waals surface area contributed by atoms with Gasteiger partial charge in [-0.1, -0.05) is 45.2 Å². The van der Waals surface area contributed by atoms with Crippen LogP contribution in [0.2, 0.25) is 0 Å². The Hall–Kier alpha value is -3.40. The molecule has 1 aliphatic carbocycles. The molecule has 40 heavy (non-hydrogen) atoms. The fraction of sp³-hybridized carbons (Fsp3) is 0.500. The monoisotopic (exact) mass is 561 g/mol. The zero-order chi connectivity index (χ0) is 29.3. The van der Waals surface area contributed by atoms with Crippen LogP contribution in [0, 0.1) is 5.92 Å². The van der Waals surface area contributed by atoms with Crippen molar-refractivity contribution in [3.8, 4) is 0 Å². The van der Waals surface area contributed by atoms with E-state index >= 15 is 0 Å². The molecule has 2 aromatic carbocycles. The Morgan fingerprint density at radius 2 is 1.45 bits per heavy atom. The maximum absolute atomic E-state index is 12.7. The Labute approximate surface area is 233 Å².